The Bertz CT molecular complexity index is 7620. The Labute approximate surface area is 892 Å². The molecule has 0 aliphatic carbocycles. The van der Waals surface area contributed by atoms with Gasteiger partial charge in [0, 0.05) is 143 Å². The summed E-state index contributed by atoms with van der Waals surface area (Å²) < 4.78 is 4.18. The van der Waals surface area contributed by atoms with Crippen molar-refractivity contribution in [3.05, 3.63) is 476 Å². The molecule has 0 spiro atoms. The minimum absolute atomic E-state index is 0. The van der Waals surface area contributed by atoms with Crippen LogP contribution in [-0.4, -0.2) is 120 Å². The van der Waals surface area contributed by atoms with Crippen molar-refractivity contribution in [3.8, 4) is 124 Å². The number of aromatic hydroxyl groups is 6. The van der Waals surface area contributed by atoms with Gasteiger partial charge in [-0.1, -0.05) is 273 Å². The molecule has 2 atom stereocenters. The van der Waals surface area contributed by atoms with Crippen molar-refractivity contribution in [2.75, 3.05) is 19.0 Å². The van der Waals surface area contributed by atoms with Crippen molar-refractivity contribution in [2.24, 2.45) is 9.98 Å². The van der Waals surface area contributed by atoms with E-state index in [4.69, 9.17) is 39.9 Å². The molecule has 0 radical (unpaired) electrons. The normalized spacial score (nSPS) is 12.7. The first-order valence-electron chi connectivity index (χ1n) is 45.9. The number of hydrogen-bond donors (Lipinski definition) is 6. The van der Waals surface area contributed by atoms with Gasteiger partial charge in [0.1, 0.15) is 57.6 Å². The van der Waals surface area contributed by atoms with Crippen LogP contribution >= 0.6 is 0 Å². The fourth-order valence-electron chi connectivity index (χ4n) is 17.5. The number of rotatable bonds is 20. The molecule has 22 rings (SSSR count). The summed E-state index contributed by atoms with van der Waals surface area (Å²) in [7, 11) is 3.65. The van der Waals surface area contributed by atoms with Crippen LogP contribution < -0.4 is 4.90 Å². The smallest absolute Gasteiger partial charge is 0.686 e. The van der Waals surface area contributed by atoms with Gasteiger partial charge in [-0.3, -0.25) is 14.9 Å². The molecule has 0 fully saturated rings. The molecule has 0 amide bonds. The third kappa shape index (κ3) is 22.4. The van der Waals surface area contributed by atoms with E-state index in [1.807, 2.05) is 317 Å². The Balaban J connectivity index is 0.000000144. The summed E-state index contributed by atoms with van der Waals surface area (Å²) in [5, 5.41) is 73.3. The zero-order chi connectivity index (χ0) is 96.0. The summed E-state index contributed by atoms with van der Waals surface area (Å²) in [4.78, 5) is 42.1. The zero-order valence-electron chi connectivity index (χ0n) is 78.2. The van der Waals surface area contributed by atoms with Crippen LogP contribution in [0.3, 0.4) is 0 Å². The second-order valence-corrected chi connectivity index (χ2v) is 33.8. The molecule has 2 aliphatic rings. The SMILES string of the molecule is CC(C)(c1cccc(-c2ccccc2O)n1)c1cccc(-c2ccccc2O)n1.C[N-]c1ccccc1-c1cc(-c2ccccc2)c2ccc3c(-c4ccccc4)cc(-c4ccccc4[N-]C)nc3c2n1.Oc1ccccc1-c1cccc(N(c2ccccc2)c2cccc(-c3ccccc3O)n2)n1.Oc1ccccc1C1=NC(C2N=C(c3ccccc3O)C=[N+]2c2ccccc2)[N+](c2ccccc2)=C1.[Pt+2].[Pt].[Pt].[Pt]. The monoisotopic (exact) mass is 2610 g/mol. The summed E-state index contributed by atoms with van der Waals surface area (Å²) in [5.41, 5.74) is 23.9. The van der Waals surface area contributed by atoms with Crippen molar-refractivity contribution in [3.63, 3.8) is 0 Å². The summed E-state index contributed by atoms with van der Waals surface area (Å²) in [6.07, 6.45) is 3.10. The van der Waals surface area contributed by atoms with Crippen molar-refractivity contribution in [1.82, 2.24) is 29.9 Å². The summed E-state index contributed by atoms with van der Waals surface area (Å²) in [5.74, 6) is 2.42. The van der Waals surface area contributed by atoms with Gasteiger partial charge in [0.25, 0.3) is 0 Å². The fraction of sp³-hybridized carbons (Fsp3) is 0.0579. The van der Waals surface area contributed by atoms with Crippen LogP contribution in [0.15, 0.2) is 453 Å². The number of phenolic OH excluding ortho intramolecular Hbond substituents is 6. The number of phenols is 6. The summed E-state index contributed by atoms with van der Waals surface area (Å²) in [6.45, 7) is 4.14. The maximum Gasteiger partial charge on any atom is 2.00 e. The number of para-hydroxylation sites is 11. The fourth-order valence-corrected chi connectivity index (χ4v) is 17.5. The van der Waals surface area contributed by atoms with E-state index in [0.29, 0.717) is 79.2 Å². The van der Waals surface area contributed by atoms with Crippen LogP contribution in [0.2, 0.25) is 0 Å². The first-order valence-corrected chi connectivity index (χ1v) is 45.9. The quantitative estimate of drug-likeness (QED) is 0.0307. The molecule has 0 saturated carbocycles. The minimum Gasteiger partial charge on any atom is -0.686 e. The number of fused-ring (bicyclic) bond motifs is 3. The maximum absolute atomic E-state index is 10.5. The zero-order valence-corrected chi connectivity index (χ0v) is 87.3. The van der Waals surface area contributed by atoms with E-state index < -0.39 is 17.7 Å². The van der Waals surface area contributed by atoms with Gasteiger partial charge in [0.05, 0.1) is 56.6 Å². The first kappa shape index (κ1) is 103. The number of aromatic nitrogens is 6. The van der Waals surface area contributed by atoms with Gasteiger partial charge in [-0.05, 0) is 193 Å². The number of nitrogens with zero attached hydrogens (tertiary/aromatic N) is 13. The molecule has 0 saturated heterocycles. The van der Waals surface area contributed by atoms with Crippen LogP contribution in [-0.2, 0) is 89.7 Å². The number of pyridine rings is 6. The molecule has 2 unspecified atom stereocenters. The first-order chi connectivity index (χ1) is 68.6. The molecule has 718 valence electrons. The second-order valence-electron chi connectivity index (χ2n) is 33.8. The number of hydrogen-bond acceptors (Lipinski definition) is 15. The molecule has 144 heavy (non-hydrogen) atoms. The van der Waals surface area contributed by atoms with E-state index in [0.717, 1.165) is 106 Å². The molecule has 14 aromatic carbocycles. The van der Waals surface area contributed by atoms with Gasteiger partial charge in [-0.15, -0.1) is 25.5 Å². The van der Waals surface area contributed by atoms with E-state index in [9.17, 15) is 30.6 Å². The average Bonchev–Trinajstić information content (AvgIpc) is 0.965. The predicted molar refractivity (Wildman–Crippen MR) is 564 cm³/mol. The predicted octanol–water partition coefficient (Wildman–Crippen LogP) is 27.8. The Morgan fingerprint density at radius 1 is 0.264 bits per heavy atom. The standard InChI is InChI=1S/C38H28N4.C30H22N4O2.C28H21N3O2.C25H22N2O2.4Pt/c1-39-33-19-11-9-17-29(33)35-23-31(25-13-5-3-6-14-25)27-21-22-28-32(26-15-7-4-8-16-26)24-36(42-38(28)37(27)41-35)30-18-10-12-20-34(30)40-2;35-27-17-9-7-15-23(27)25-19-33(21-11-3-1-4-12-21)29(31-25)30-32-26(24-16-8-10-18-28(24)36)20-34(30)22-13-5-2-6-14-22;32-25-16-6-4-12-21(25)23-14-8-18-27(29-23)31(20-10-2-1-3-11-20)28-19-9-15-24(30-28)22-13-5-7-17-26(22)33;1-25(2,23-15-7-11-19(26-23)17-9-3-5-13-21(17)28)24-16-8-12-20(27-24)18-10-4-6-14-22(18)29;;;;/h3-24H,1-2H3;1-20,29-30H;1-19,32-33H;3-16,28-29H,1-2H3;;;;/q-2;;;;;;;+2/p+2. The van der Waals surface area contributed by atoms with Gasteiger partial charge in [0.15, 0.2) is 12.4 Å². The van der Waals surface area contributed by atoms with Crippen LogP contribution in [0.4, 0.5) is 40.1 Å². The van der Waals surface area contributed by atoms with Gasteiger partial charge in [-0.2, -0.15) is 9.15 Å². The molecular formula is C121H95N13O6Pt4+2. The molecular weight excluding hydrogens is 2510 g/mol. The van der Waals surface area contributed by atoms with Crippen LogP contribution in [0.1, 0.15) is 36.4 Å². The molecule has 6 N–H and O–H groups in total. The van der Waals surface area contributed by atoms with E-state index in [-0.39, 0.29) is 119 Å². The van der Waals surface area contributed by atoms with Crippen molar-refractivity contribution < 1.29 is 124 Å². The van der Waals surface area contributed by atoms with Gasteiger partial charge < -0.3 is 41.3 Å². The maximum atomic E-state index is 10.5. The molecule has 6 aromatic heterocycles. The minimum atomic E-state index is -0.471. The van der Waals surface area contributed by atoms with Gasteiger partial charge in [-0.25, -0.2) is 29.9 Å². The topological polar surface area (TPSA) is 261 Å². The number of anilines is 3. The summed E-state index contributed by atoms with van der Waals surface area (Å²) >= 11 is 0. The molecule has 20 aromatic rings. The Hall–Kier alpha value is -15.9. The van der Waals surface area contributed by atoms with E-state index >= 15 is 0 Å². The van der Waals surface area contributed by atoms with Crippen LogP contribution in [0.5, 0.6) is 34.5 Å². The Morgan fingerprint density at radius 3 is 0.868 bits per heavy atom. The molecule has 0 bridgehead atoms. The summed E-state index contributed by atoms with van der Waals surface area (Å²) in [6, 6.07) is 142. The van der Waals surface area contributed by atoms with E-state index in [1.54, 1.807) is 72.8 Å². The van der Waals surface area contributed by atoms with Crippen molar-refractivity contribution >= 4 is 85.7 Å². The van der Waals surface area contributed by atoms with E-state index in [1.165, 1.54) is 0 Å². The molecule has 19 nitrogen and oxygen atoms in total. The van der Waals surface area contributed by atoms with Gasteiger partial charge in [0.2, 0.25) is 11.4 Å². The molecule has 8 heterocycles. The van der Waals surface area contributed by atoms with Crippen LogP contribution in [0, 0.1) is 0 Å². The van der Waals surface area contributed by atoms with Crippen LogP contribution in [0.25, 0.3) is 122 Å². The Kier molecular flexibility index (Phi) is 33.6. The number of aliphatic imine (C=N–C) groups is 2. The molecule has 2 aliphatic heterocycles. The average molecular weight is 2610 g/mol. The molecule has 23 heteroatoms. The number of benzene rings is 14. The largest absolute Gasteiger partial charge is 2.00 e. The Morgan fingerprint density at radius 2 is 0.542 bits per heavy atom. The van der Waals surface area contributed by atoms with Gasteiger partial charge >= 0.3 is 33.4 Å². The third-order valence-electron chi connectivity index (χ3n) is 24.6. The second kappa shape index (κ2) is 47.1. The third-order valence-corrected chi connectivity index (χ3v) is 24.6. The van der Waals surface area contributed by atoms with Crippen molar-refractivity contribution in [2.45, 2.75) is 31.6 Å². The van der Waals surface area contributed by atoms with Crippen molar-refractivity contribution in [1.29, 1.82) is 0 Å². The van der Waals surface area contributed by atoms with E-state index in [2.05, 4.69) is 119 Å².